The molecule has 23 heavy (non-hydrogen) atoms. The van der Waals surface area contributed by atoms with Crippen molar-refractivity contribution in [3.63, 3.8) is 0 Å². The van der Waals surface area contributed by atoms with Gasteiger partial charge in [-0.15, -0.1) is 0 Å². The number of nitrogens with zero attached hydrogens (tertiary/aromatic N) is 1. The monoisotopic (exact) mass is 338 g/mol. The van der Waals surface area contributed by atoms with Crippen molar-refractivity contribution in [3.8, 4) is 0 Å². The molecule has 1 N–H and O–H groups in total. The molecule has 0 radical (unpaired) electrons. The molecule has 2 atom stereocenters. The van der Waals surface area contributed by atoms with Gasteiger partial charge in [0.2, 0.25) is 0 Å². The predicted octanol–water partition coefficient (Wildman–Crippen LogP) is 1.23. The second-order valence-electron chi connectivity index (χ2n) is 6.44. The molecule has 5 nitrogen and oxygen atoms in total. The van der Waals surface area contributed by atoms with Gasteiger partial charge in [0.1, 0.15) is 0 Å². The summed E-state index contributed by atoms with van der Waals surface area (Å²) in [6.45, 7) is 4.15. The molecule has 1 aromatic carbocycles. The molecule has 1 aromatic rings. The van der Waals surface area contributed by atoms with E-state index < -0.39 is 9.84 Å². The number of hydrogen-bond donors (Lipinski definition) is 1. The number of hydrogen-bond acceptors (Lipinski definition) is 5. The molecular weight excluding hydrogens is 312 g/mol. The number of rotatable bonds is 5. The van der Waals surface area contributed by atoms with Crippen LogP contribution in [-0.4, -0.2) is 63.7 Å². The van der Waals surface area contributed by atoms with E-state index in [1.165, 1.54) is 5.56 Å². The maximum absolute atomic E-state index is 11.8. The summed E-state index contributed by atoms with van der Waals surface area (Å²) in [5.74, 6) is 0.619. The molecule has 0 amide bonds. The van der Waals surface area contributed by atoms with Crippen LogP contribution in [0.15, 0.2) is 30.3 Å². The Labute approximate surface area is 138 Å². The number of sulfone groups is 1. The molecule has 2 fully saturated rings. The first-order chi connectivity index (χ1) is 11.1. The van der Waals surface area contributed by atoms with E-state index in [-0.39, 0.29) is 17.8 Å². The van der Waals surface area contributed by atoms with E-state index in [4.69, 9.17) is 4.74 Å². The minimum absolute atomic E-state index is 0.0843. The van der Waals surface area contributed by atoms with Gasteiger partial charge in [-0.25, -0.2) is 8.42 Å². The third-order valence-electron chi connectivity index (χ3n) is 4.73. The highest BCUT2D eigenvalue weighted by Gasteiger charge is 2.27. The van der Waals surface area contributed by atoms with Gasteiger partial charge in [-0.1, -0.05) is 30.3 Å². The SMILES string of the molecule is O=S1(=O)CCC[C@H](NC[C@H](c2ccccc2)N2CCOCC2)C1. The molecule has 0 unspecified atom stereocenters. The van der Waals surface area contributed by atoms with Crippen LogP contribution in [0, 0.1) is 0 Å². The average Bonchev–Trinajstić information content (AvgIpc) is 2.56. The van der Waals surface area contributed by atoms with Gasteiger partial charge >= 0.3 is 0 Å². The average molecular weight is 338 g/mol. The zero-order valence-electron chi connectivity index (χ0n) is 13.5. The lowest BCUT2D eigenvalue weighted by atomic mass is 10.0. The van der Waals surface area contributed by atoms with Crippen LogP contribution in [0.25, 0.3) is 0 Å². The Morgan fingerprint density at radius 1 is 1.22 bits per heavy atom. The van der Waals surface area contributed by atoms with Gasteiger partial charge in [0.05, 0.1) is 24.7 Å². The Hall–Kier alpha value is -0.950. The number of ether oxygens (including phenoxy) is 1. The van der Waals surface area contributed by atoms with Gasteiger partial charge in [-0.05, 0) is 18.4 Å². The van der Waals surface area contributed by atoms with Crippen LogP contribution < -0.4 is 5.32 Å². The summed E-state index contributed by atoms with van der Waals surface area (Å²) in [5.41, 5.74) is 1.28. The molecular formula is C17H26N2O3S. The second kappa shape index (κ2) is 7.75. The first-order valence-corrected chi connectivity index (χ1v) is 10.3. The van der Waals surface area contributed by atoms with E-state index in [1.807, 2.05) is 6.07 Å². The highest BCUT2D eigenvalue weighted by atomic mass is 32.2. The summed E-state index contributed by atoms with van der Waals surface area (Å²) < 4.78 is 29.1. The van der Waals surface area contributed by atoms with Gasteiger partial charge in [0.25, 0.3) is 0 Å². The van der Waals surface area contributed by atoms with Crippen LogP contribution in [0.2, 0.25) is 0 Å². The summed E-state index contributed by atoms with van der Waals surface area (Å²) in [6.07, 6.45) is 1.72. The molecule has 0 aliphatic carbocycles. The zero-order valence-corrected chi connectivity index (χ0v) is 14.3. The first kappa shape index (κ1) is 16.9. The fourth-order valence-corrected chi connectivity index (χ4v) is 5.15. The molecule has 2 heterocycles. The Balaban J connectivity index is 1.66. The standard InChI is InChI=1S/C17H26N2O3S/c20-23(21)12-4-7-16(14-23)18-13-17(15-5-2-1-3-6-15)19-8-10-22-11-9-19/h1-3,5-6,16-18H,4,7-14H2/t16-,17+/m0/s1. The van der Waals surface area contributed by atoms with Crippen molar-refractivity contribution in [3.05, 3.63) is 35.9 Å². The van der Waals surface area contributed by atoms with Crippen molar-refractivity contribution in [1.29, 1.82) is 0 Å². The number of benzene rings is 1. The van der Waals surface area contributed by atoms with E-state index in [9.17, 15) is 8.42 Å². The van der Waals surface area contributed by atoms with Crippen molar-refractivity contribution in [1.82, 2.24) is 10.2 Å². The van der Waals surface area contributed by atoms with E-state index in [0.29, 0.717) is 5.75 Å². The number of nitrogens with one attached hydrogen (secondary N) is 1. The molecule has 0 saturated carbocycles. The van der Waals surface area contributed by atoms with E-state index in [1.54, 1.807) is 0 Å². The lowest BCUT2D eigenvalue weighted by Crippen LogP contribution is -2.47. The third kappa shape index (κ3) is 4.76. The fourth-order valence-electron chi connectivity index (χ4n) is 3.48. The highest BCUT2D eigenvalue weighted by Crippen LogP contribution is 2.22. The van der Waals surface area contributed by atoms with Crippen LogP contribution in [0.4, 0.5) is 0 Å². The lowest BCUT2D eigenvalue weighted by molar-refractivity contribution is 0.0157. The van der Waals surface area contributed by atoms with Crippen LogP contribution >= 0.6 is 0 Å². The molecule has 2 saturated heterocycles. The van der Waals surface area contributed by atoms with Gasteiger partial charge in [0, 0.05) is 31.7 Å². The van der Waals surface area contributed by atoms with Crippen LogP contribution in [0.5, 0.6) is 0 Å². The summed E-state index contributed by atoms with van der Waals surface area (Å²) >= 11 is 0. The summed E-state index contributed by atoms with van der Waals surface area (Å²) in [6, 6.07) is 10.8. The lowest BCUT2D eigenvalue weighted by Gasteiger charge is -2.36. The van der Waals surface area contributed by atoms with Gasteiger partial charge in [-0.2, -0.15) is 0 Å². The molecule has 128 valence electrons. The van der Waals surface area contributed by atoms with E-state index >= 15 is 0 Å². The minimum atomic E-state index is -2.87. The van der Waals surface area contributed by atoms with Crippen molar-refractivity contribution < 1.29 is 13.2 Å². The topological polar surface area (TPSA) is 58.6 Å². The fraction of sp³-hybridized carbons (Fsp3) is 0.647. The van der Waals surface area contributed by atoms with E-state index in [0.717, 1.165) is 45.7 Å². The smallest absolute Gasteiger partial charge is 0.151 e. The maximum Gasteiger partial charge on any atom is 0.151 e. The minimum Gasteiger partial charge on any atom is -0.379 e. The molecule has 0 aromatic heterocycles. The van der Waals surface area contributed by atoms with Gasteiger partial charge in [-0.3, -0.25) is 4.90 Å². The molecule has 2 aliphatic rings. The molecule has 2 aliphatic heterocycles. The van der Waals surface area contributed by atoms with Gasteiger partial charge in [0.15, 0.2) is 9.84 Å². The predicted molar refractivity (Wildman–Crippen MR) is 91.3 cm³/mol. The Bertz CT molecular complexity index is 585. The number of morpholine rings is 1. The van der Waals surface area contributed by atoms with Crippen molar-refractivity contribution in [2.45, 2.75) is 24.9 Å². The van der Waals surface area contributed by atoms with Crippen LogP contribution in [0.3, 0.4) is 0 Å². The Kier molecular flexibility index (Phi) is 5.69. The Morgan fingerprint density at radius 3 is 2.65 bits per heavy atom. The van der Waals surface area contributed by atoms with Crippen molar-refractivity contribution >= 4 is 9.84 Å². The van der Waals surface area contributed by atoms with Gasteiger partial charge < -0.3 is 10.1 Å². The normalized spacial score (nSPS) is 26.7. The Morgan fingerprint density at radius 2 is 1.96 bits per heavy atom. The first-order valence-electron chi connectivity index (χ1n) is 8.45. The summed E-state index contributed by atoms with van der Waals surface area (Å²) in [7, 11) is -2.87. The highest BCUT2D eigenvalue weighted by molar-refractivity contribution is 7.91. The van der Waals surface area contributed by atoms with Crippen LogP contribution in [0.1, 0.15) is 24.4 Å². The molecule has 3 rings (SSSR count). The quantitative estimate of drug-likeness (QED) is 0.875. The van der Waals surface area contributed by atoms with Crippen molar-refractivity contribution in [2.75, 3.05) is 44.4 Å². The maximum atomic E-state index is 11.8. The molecule has 0 spiro atoms. The van der Waals surface area contributed by atoms with Crippen molar-refractivity contribution in [2.24, 2.45) is 0 Å². The molecule has 6 heteroatoms. The third-order valence-corrected chi connectivity index (χ3v) is 6.55. The van der Waals surface area contributed by atoms with E-state index in [2.05, 4.69) is 34.5 Å². The second-order valence-corrected chi connectivity index (χ2v) is 8.67. The molecule has 0 bridgehead atoms. The van der Waals surface area contributed by atoms with Crippen LogP contribution in [-0.2, 0) is 14.6 Å². The summed E-state index contributed by atoms with van der Waals surface area (Å²) in [4.78, 5) is 2.43. The largest absolute Gasteiger partial charge is 0.379 e. The zero-order chi connectivity index (χ0) is 16.1. The summed E-state index contributed by atoms with van der Waals surface area (Å²) in [5, 5.41) is 3.51.